The van der Waals surface area contributed by atoms with Crippen LogP contribution in [-0.4, -0.2) is 20.8 Å². The van der Waals surface area contributed by atoms with E-state index in [-0.39, 0.29) is 6.04 Å². The Balaban J connectivity index is 2.38. The van der Waals surface area contributed by atoms with Crippen molar-refractivity contribution in [3.8, 4) is 5.69 Å². The molecule has 0 spiro atoms. The van der Waals surface area contributed by atoms with Crippen LogP contribution in [0.25, 0.3) is 5.69 Å². The van der Waals surface area contributed by atoms with Crippen LogP contribution in [0, 0.1) is 0 Å². The van der Waals surface area contributed by atoms with Crippen LogP contribution in [0.2, 0.25) is 0 Å². The van der Waals surface area contributed by atoms with Crippen molar-refractivity contribution in [3.05, 3.63) is 41.5 Å². The standard InChI is InChI=1S/C15H22N4/c1-4-14-17-15(5-2)19(18-14)13-8-6-7-12(10-13)9-11(3)16/h6-8,10-11H,4-5,9,16H2,1-3H3. The highest BCUT2D eigenvalue weighted by Crippen LogP contribution is 2.14. The molecule has 1 aromatic heterocycles. The Morgan fingerprint density at radius 1 is 1.26 bits per heavy atom. The van der Waals surface area contributed by atoms with E-state index in [0.29, 0.717) is 0 Å². The van der Waals surface area contributed by atoms with Gasteiger partial charge in [0.2, 0.25) is 0 Å². The largest absolute Gasteiger partial charge is 0.328 e. The number of aromatic nitrogens is 3. The van der Waals surface area contributed by atoms with Crippen LogP contribution in [0.1, 0.15) is 38.0 Å². The molecular formula is C15H22N4. The van der Waals surface area contributed by atoms with Crippen molar-refractivity contribution >= 4 is 0 Å². The van der Waals surface area contributed by atoms with Crippen molar-refractivity contribution < 1.29 is 0 Å². The summed E-state index contributed by atoms with van der Waals surface area (Å²) in [7, 11) is 0. The van der Waals surface area contributed by atoms with Crippen molar-refractivity contribution in [2.24, 2.45) is 5.73 Å². The first-order valence-corrected chi connectivity index (χ1v) is 6.93. The average Bonchev–Trinajstić information content (AvgIpc) is 2.81. The van der Waals surface area contributed by atoms with E-state index in [1.54, 1.807) is 0 Å². The predicted molar refractivity (Wildman–Crippen MR) is 77.5 cm³/mol. The lowest BCUT2D eigenvalue weighted by molar-refractivity contribution is 0.734. The third-order valence-corrected chi connectivity index (χ3v) is 3.06. The second-order valence-corrected chi connectivity index (χ2v) is 4.91. The fourth-order valence-corrected chi connectivity index (χ4v) is 2.16. The molecule has 2 aromatic rings. The molecule has 0 saturated carbocycles. The van der Waals surface area contributed by atoms with E-state index in [4.69, 9.17) is 5.73 Å². The summed E-state index contributed by atoms with van der Waals surface area (Å²) in [6.07, 6.45) is 2.62. The number of hydrogen-bond acceptors (Lipinski definition) is 3. The first kappa shape index (κ1) is 13.7. The molecule has 2 rings (SSSR count). The molecular weight excluding hydrogens is 236 g/mol. The molecule has 0 fully saturated rings. The Kier molecular flexibility index (Phi) is 4.32. The summed E-state index contributed by atoms with van der Waals surface area (Å²) in [6.45, 7) is 6.20. The minimum atomic E-state index is 0.169. The van der Waals surface area contributed by atoms with Crippen LogP contribution < -0.4 is 5.73 Å². The van der Waals surface area contributed by atoms with E-state index >= 15 is 0 Å². The van der Waals surface area contributed by atoms with Gasteiger partial charge < -0.3 is 5.73 Å². The summed E-state index contributed by atoms with van der Waals surface area (Å²) in [6, 6.07) is 8.55. The number of rotatable bonds is 5. The Bertz CT molecular complexity index is 543. The first-order chi connectivity index (χ1) is 9.13. The molecule has 1 aromatic carbocycles. The highest BCUT2D eigenvalue weighted by atomic mass is 15.3. The number of benzene rings is 1. The number of aryl methyl sites for hydroxylation is 2. The van der Waals surface area contributed by atoms with Gasteiger partial charge in [0.25, 0.3) is 0 Å². The van der Waals surface area contributed by atoms with Gasteiger partial charge in [-0.15, -0.1) is 0 Å². The molecule has 1 atom stereocenters. The third kappa shape index (κ3) is 3.20. The minimum Gasteiger partial charge on any atom is -0.328 e. The third-order valence-electron chi connectivity index (χ3n) is 3.06. The first-order valence-electron chi connectivity index (χ1n) is 6.93. The molecule has 0 aliphatic rings. The van der Waals surface area contributed by atoms with Gasteiger partial charge in [-0.3, -0.25) is 0 Å². The second-order valence-electron chi connectivity index (χ2n) is 4.91. The van der Waals surface area contributed by atoms with Gasteiger partial charge in [0.15, 0.2) is 5.82 Å². The zero-order valence-electron chi connectivity index (χ0n) is 11.9. The van der Waals surface area contributed by atoms with Gasteiger partial charge >= 0.3 is 0 Å². The maximum atomic E-state index is 5.86. The van der Waals surface area contributed by atoms with E-state index < -0.39 is 0 Å². The zero-order valence-corrected chi connectivity index (χ0v) is 11.9. The zero-order chi connectivity index (χ0) is 13.8. The monoisotopic (exact) mass is 258 g/mol. The van der Waals surface area contributed by atoms with Crippen LogP contribution in [-0.2, 0) is 19.3 Å². The highest BCUT2D eigenvalue weighted by Gasteiger charge is 2.09. The molecule has 0 bridgehead atoms. The Hall–Kier alpha value is -1.68. The smallest absolute Gasteiger partial charge is 0.151 e. The van der Waals surface area contributed by atoms with Gasteiger partial charge in [-0.05, 0) is 31.0 Å². The molecule has 2 N–H and O–H groups in total. The van der Waals surface area contributed by atoms with E-state index in [2.05, 4.69) is 48.2 Å². The van der Waals surface area contributed by atoms with Gasteiger partial charge in [-0.1, -0.05) is 26.0 Å². The summed E-state index contributed by atoms with van der Waals surface area (Å²) >= 11 is 0. The van der Waals surface area contributed by atoms with Crippen molar-refractivity contribution in [3.63, 3.8) is 0 Å². The predicted octanol–water partition coefficient (Wildman–Crippen LogP) is 2.28. The Morgan fingerprint density at radius 2 is 2.05 bits per heavy atom. The van der Waals surface area contributed by atoms with E-state index in [1.807, 2.05) is 11.6 Å². The Labute approximate surface area is 114 Å². The van der Waals surface area contributed by atoms with Crippen molar-refractivity contribution in [2.45, 2.75) is 46.1 Å². The molecule has 0 amide bonds. The summed E-state index contributed by atoms with van der Waals surface area (Å²) in [4.78, 5) is 4.54. The second kappa shape index (κ2) is 5.97. The molecule has 1 unspecified atom stereocenters. The van der Waals surface area contributed by atoms with Gasteiger partial charge in [-0.25, -0.2) is 9.67 Å². The lowest BCUT2D eigenvalue weighted by Crippen LogP contribution is -2.17. The number of nitrogens with two attached hydrogens (primary N) is 1. The summed E-state index contributed by atoms with van der Waals surface area (Å²) in [5, 5.41) is 4.56. The molecule has 0 aliphatic heterocycles. The average molecular weight is 258 g/mol. The maximum absolute atomic E-state index is 5.86. The summed E-state index contributed by atoms with van der Waals surface area (Å²) in [5.41, 5.74) is 8.17. The lowest BCUT2D eigenvalue weighted by Gasteiger charge is -2.09. The minimum absolute atomic E-state index is 0.169. The van der Waals surface area contributed by atoms with Crippen molar-refractivity contribution in [1.82, 2.24) is 14.8 Å². The molecule has 19 heavy (non-hydrogen) atoms. The molecule has 102 valence electrons. The molecule has 4 heteroatoms. The summed E-state index contributed by atoms with van der Waals surface area (Å²) < 4.78 is 1.95. The van der Waals surface area contributed by atoms with E-state index in [0.717, 1.165) is 36.6 Å². The molecule has 1 heterocycles. The summed E-state index contributed by atoms with van der Waals surface area (Å²) in [5.74, 6) is 1.91. The fraction of sp³-hybridized carbons (Fsp3) is 0.467. The highest BCUT2D eigenvalue weighted by molar-refractivity contribution is 5.36. The number of nitrogens with zero attached hydrogens (tertiary/aromatic N) is 3. The molecule has 0 radical (unpaired) electrons. The van der Waals surface area contributed by atoms with Crippen molar-refractivity contribution in [2.75, 3.05) is 0 Å². The van der Waals surface area contributed by atoms with E-state index in [1.165, 1.54) is 5.56 Å². The van der Waals surface area contributed by atoms with Gasteiger partial charge in [0.05, 0.1) is 5.69 Å². The van der Waals surface area contributed by atoms with Gasteiger partial charge in [0, 0.05) is 18.9 Å². The van der Waals surface area contributed by atoms with Crippen LogP contribution in [0.5, 0.6) is 0 Å². The van der Waals surface area contributed by atoms with Crippen molar-refractivity contribution in [1.29, 1.82) is 0 Å². The fourth-order valence-electron chi connectivity index (χ4n) is 2.16. The maximum Gasteiger partial charge on any atom is 0.151 e. The molecule has 0 saturated heterocycles. The lowest BCUT2D eigenvalue weighted by atomic mass is 10.1. The molecule has 0 aliphatic carbocycles. The van der Waals surface area contributed by atoms with Crippen LogP contribution in [0.3, 0.4) is 0 Å². The Morgan fingerprint density at radius 3 is 2.68 bits per heavy atom. The van der Waals surface area contributed by atoms with Gasteiger partial charge in [0.1, 0.15) is 5.82 Å². The van der Waals surface area contributed by atoms with Crippen LogP contribution in [0.15, 0.2) is 24.3 Å². The topological polar surface area (TPSA) is 56.7 Å². The van der Waals surface area contributed by atoms with Crippen LogP contribution in [0.4, 0.5) is 0 Å². The number of hydrogen-bond donors (Lipinski definition) is 1. The van der Waals surface area contributed by atoms with Gasteiger partial charge in [-0.2, -0.15) is 5.10 Å². The quantitative estimate of drug-likeness (QED) is 0.895. The SMILES string of the molecule is CCc1nc(CC)n(-c2cccc(CC(C)N)c2)n1. The normalized spacial score (nSPS) is 12.6. The van der Waals surface area contributed by atoms with Crippen LogP contribution >= 0.6 is 0 Å². The van der Waals surface area contributed by atoms with E-state index in [9.17, 15) is 0 Å². The molecule has 4 nitrogen and oxygen atoms in total.